The number of primary sulfonamides is 1. The van der Waals surface area contributed by atoms with Gasteiger partial charge < -0.3 is 9.77 Å². The summed E-state index contributed by atoms with van der Waals surface area (Å²) in [5.41, 5.74) is 4.70. The van der Waals surface area contributed by atoms with Crippen LogP contribution in [-0.2, 0) is 22.0 Å². The monoisotopic (exact) mass is 445 g/mol. The molecule has 6 nitrogen and oxygen atoms in total. The van der Waals surface area contributed by atoms with Gasteiger partial charge in [0.15, 0.2) is 0 Å². The third-order valence-corrected chi connectivity index (χ3v) is 7.48. The summed E-state index contributed by atoms with van der Waals surface area (Å²) in [5.74, 6) is 0.526. The Bertz CT molecular complexity index is 1090. The van der Waals surface area contributed by atoms with Crippen molar-refractivity contribution in [1.29, 1.82) is 0 Å². The first-order chi connectivity index (χ1) is 14.4. The van der Waals surface area contributed by atoms with Gasteiger partial charge in [-0.25, -0.2) is 13.6 Å². The number of hydrogen-bond donors (Lipinski definition) is 2. The predicted molar refractivity (Wildman–Crippen MR) is 125 cm³/mol. The summed E-state index contributed by atoms with van der Waals surface area (Å²) >= 11 is 0. The molecule has 3 rings (SSSR count). The second kappa shape index (κ2) is 8.79. The van der Waals surface area contributed by atoms with Crippen LogP contribution in [0.5, 0.6) is 0 Å². The number of nitrogens with zero attached hydrogens (tertiary/aromatic N) is 2. The van der Waals surface area contributed by atoms with Crippen LogP contribution in [0, 0.1) is 12.8 Å². The van der Waals surface area contributed by atoms with Gasteiger partial charge in [0.1, 0.15) is 4.90 Å². The number of oxime groups is 1. The lowest BCUT2D eigenvalue weighted by atomic mass is 9.84. The molecule has 0 radical (unpaired) electrons. The van der Waals surface area contributed by atoms with E-state index in [4.69, 9.17) is 5.14 Å². The zero-order valence-electron chi connectivity index (χ0n) is 19.3. The van der Waals surface area contributed by atoms with E-state index < -0.39 is 10.0 Å². The summed E-state index contributed by atoms with van der Waals surface area (Å²) in [7, 11) is -3.84. The number of nitrogens with two attached hydrogens (primary N) is 1. The van der Waals surface area contributed by atoms with E-state index in [1.807, 2.05) is 19.1 Å². The topological polar surface area (TPSA) is 97.7 Å². The van der Waals surface area contributed by atoms with Gasteiger partial charge in [0.2, 0.25) is 10.0 Å². The number of sulfonamides is 1. The molecule has 0 spiro atoms. The van der Waals surface area contributed by atoms with Gasteiger partial charge in [-0.3, -0.25) is 0 Å². The van der Waals surface area contributed by atoms with Gasteiger partial charge in [-0.05, 0) is 79.0 Å². The van der Waals surface area contributed by atoms with Crippen molar-refractivity contribution in [2.24, 2.45) is 16.2 Å². The molecular formula is C24H35N3O3S. The highest BCUT2D eigenvalue weighted by Gasteiger charge is 2.25. The highest BCUT2D eigenvalue weighted by Crippen LogP contribution is 2.35. The molecule has 1 aliphatic carbocycles. The van der Waals surface area contributed by atoms with E-state index in [0.29, 0.717) is 17.3 Å². The molecule has 1 heterocycles. The van der Waals surface area contributed by atoms with E-state index in [1.165, 1.54) is 19.3 Å². The highest BCUT2D eigenvalue weighted by atomic mass is 32.2. The third kappa shape index (κ3) is 5.21. The van der Waals surface area contributed by atoms with Crippen molar-refractivity contribution < 1.29 is 13.6 Å². The number of benzene rings is 1. The molecule has 7 heteroatoms. The molecule has 0 atom stereocenters. The van der Waals surface area contributed by atoms with Crippen LogP contribution in [0.4, 0.5) is 0 Å². The standard InChI is InChI=1S/C24H35N3O3S/c1-16(26-28)19-11-20(13-21(12-19)24(3,4)5)22-14-23(31(25,29)30)17(2)27(22)15-18-9-7-6-8-10-18/h11-14,18,28H,6-10,15H2,1-5H3,(H2,25,29,30). The summed E-state index contributed by atoms with van der Waals surface area (Å²) in [6.07, 6.45) is 6.03. The maximum Gasteiger partial charge on any atom is 0.239 e. The van der Waals surface area contributed by atoms with Crippen molar-refractivity contribution in [1.82, 2.24) is 4.57 Å². The van der Waals surface area contributed by atoms with Crippen LogP contribution in [0.25, 0.3) is 11.3 Å². The molecule has 31 heavy (non-hydrogen) atoms. The molecule has 3 N–H and O–H groups in total. The van der Waals surface area contributed by atoms with E-state index in [1.54, 1.807) is 13.0 Å². The molecule has 1 aliphatic rings. The van der Waals surface area contributed by atoms with E-state index in [2.05, 4.69) is 36.6 Å². The minimum atomic E-state index is -3.84. The van der Waals surface area contributed by atoms with E-state index in [9.17, 15) is 13.6 Å². The molecule has 0 unspecified atom stereocenters. The molecule has 1 fully saturated rings. The van der Waals surface area contributed by atoms with Crippen molar-refractivity contribution >= 4 is 15.7 Å². The normalized spacial score (nSPS) is 16.6. The summed E-state index contributed by atoms with van der Waals surface area (Å²) in [4.78, 5) is 0.175. The van der Waals surface area contributed by atoms with Crippen LogP contribution in [-0.4, -0.2) is 23.9 Å². The number of aromatic nitrogens is 1. The third-order valence-electron chi connectivity index (χ3n) is 6.45. The fraction of sp³-hybridized carbons (Fsp3) is 0.542. The zero-order valence-corrected chi connectivity index (χ0v) is 20.1. The first-order valence-corrected chi connectivity index (χ1v) is 12.5. The maximum atomic E-state index is 12.3. The van der Waals surface area contributed by atoms with Crippen molar-refractivity contribution in [2.75, 3.05) is 0 Å². The highest BCUT2D eigenvalue weighted by molar-refractivity contribution is 7.89. The quantitative estimate of drug-likeness (QED) is 0.376. The van der Waals surface area contributed by atoms with Gasteiger partial charge in [-0.2, -0.15) is 0 Å². The van der Waals surface area contributed by atoms with E-state index in [-0.39, 0.29) is 10.3 Å². The van der Waals surface area contributed by atoms with Gasteiger partial charge >= 0.3 is 0 Å². The van der Waals surface area contributed by atoms with E-state index >= 15 is 0 Å². The van der Waals surface area contributed by atoms with Gasteiger partial charge in [0, 0.05) is 17.9 Å². The lowest BCUT2D eigenvalue weighted by molar-refractivity contribution is 0.318. The molecule has 0 bridgehead atoms. The number of hydrogen-bond acceptors (Lipinski definition) is 4. The van der Waals surface area contributed by atoms with Crippen LogP contribution in [0.15, 0.2) is 34.3 Å². The van der Waals surface area contributed by atoms with Gasteiger partial charge in [-0.15, -0.1) is 0 Å². The molecule has 2 aromatic rings. The Morgan fingerprint density at radius 3 is 2.35 bits per heavy atom. The van der Waals surface area contributed by atoms with Crippen LogP contribution >= 0.6 is 0 Å². The lowest BCUT2D eigenvalue weighted by Crippen LogP contribution is -2.17. The van der Waals surface area contributed by atoms with Crippen LogP contribution < -0.4 is 5.14 Å². The molecule has 0 aliphatic heterocycles. The Morgan fingerprint density at radius 2 is 1.81 bits per heavy atom. The molecule has 1 saturated carbocycles. The Balaban J connectivity index is 2.23. The van der Waals surface area contributed by atoms with Crippen molar-refractivity contribution in [3.63, 3.8) is 0 Å². The SMILES string of the molecule is CC(=NO)c1cc(-c2cc(S(N)(=O)=O)c(C)n2CC2CCCCC2)cc(C(C)(C)C)c1. The minimum absolute atomic E-state index is 0.126. The number of rotatable bonds is 5. The fourth-order valence-electron chi connectivity index (χ4n) is 4.49. The van der Waals surface area contributed by atoms with Crippen LogP contribution in [0.3, 0.4) is 0 Å². The molecule has 0 amide bonds. The van der Waals surface area contributed by atoms with Crippen LogP contribution in [0.2, 0.25) is 0 Å². The zero-order chi connectivity index (χ0) is 23.0. The van der Waals surface area contributed by atoms with Crippen molar-refractivity contribution in [3.8, 4) is 11.3 Å². The van der Waals surface area contributed by atoms with Gasteiger partial charge in [0.25, 0.3) is 0 Å². The Hall–Kier alpha value is -2.12. The second-order valence-corrected chi connectivity index (χ2v) is 11.4. The average molecular weight is 446 g/mol. The second-order valence-electron chi connectivity index (χ2n) is 9.87. The van der Waals surface area contributed by atoms with Crippen LogP contribution in [0.1, 0.15) is 76.6 Å². The minimum Gasteiger partial charge on any atom is -0.411 e. The molecular weight excluding hydrogens is 410 g/mol. The van der Waals surface area contributed by atoms with Crippen molar-refractivity contribution in [3.05, 3.63) is 41.1 Å². The summed E-state index contributed by atoms with van der Waals surface area (Å²) in [6, 6.07) is 7.79. The summed E-state index contributed by atoms with van der Waals surface area (Å²) in [6.45, 7) is 10.8. The van der Waals surface area contributed by atoms with Crippen molar-refractivity contribution in [2.45, 2.75) is 83.6 Å². The maximum absolute atomic E-state index is 12.3. The first kappa shape index (κ1) is 23.5. The average Bonchev–Trinajstić information content (AvgIpc) is 3.04. The lowest BCUT2D eigenvalue weighted by Gasteiger charge is -2.25. The molecule has 170 valence electrons. The van der Waals surface area contributed by atoms with E-state index in [0.717, 1.165) is 41.8 Å². The summed E-state index contributed by atoms with van der Waals surface area (Å²) < 4.78 is 26.7. The Labute approximate surface area is 186 Å². The Kier molecular flexibility index (Phi) is 6.67. The molecule has 1 aromatic heterocycles. The first-order valence-electron chi connectivity index (χ1n) is 11.0. The predicted octanol–water partition coefficient (Wildman–Crippen LogP) is 5.19. The molecule has 1 aromatic carbocycles. The molecule has 0 saturated heterocycles. The van der Waals surface area contributed by atoms with Gasteiger partial charge in [0.05, 0.1) is 5.71 Å². The largest absolute Gasteiger partial charge is 0.411 e. The van der Waals surface area contributed by atoms with Gasteiger partial charge in [-0.1, -0.05) is 45.2 Å². The fourth-order valence-corrected chi connectivity index (χ4v) is 5.28. The Morgan fingerprint density at radius 1 is 1.16 bits per heavy atom. The summed E-state index contributed by atoms with van der Waals surface area (Å²) in [5, 5.41) is 18.3. The smallest absolute Gasteiger partial charge is 0.239 e.